The van der Waals surface area contributed by atoms with Crippen molar-refractivity contribution in [3.8, 4) is 6.07 Å². The number of nitrogens with one attached hydrogen (secondary N) is 1. The molecular formula is C15H19F3N2O. The van der Waals surface area contributed by atoms with Gasteiger partial charge in [-0.25, -0.2) is 0 Å². The van der Waals surface area contributed by atoms with E-state index in [9.17, 15) is 13.2 Å². The van der Waals surface area contributed by atoms with E-state index in [0.717, 1.165) is 18.9 Å². The van der Waals surface area contributed by atoms with E-state index in [-0.39, 0.29) is 18.1 Å². The Hall–Kier alpha value is -1.74. The first-order valence-electron chi connectivity index (χ1n) is 6.88. The van der Waals surface area contributed by atoms with E-state index in [2.05, 4.69) is 5.32 Å². The van der Waals surface area contributed by atoms with Gasteiger partial charge in [0, 0.05) is 18.8 Å². The molecule has 1 rings (SSSR count). The smallest absolute Gasteiger partial charge is 0.396 e. The van der Waals surface area contributed by atoms with Crippen LogP contribution in [0.25, 0.3) is 0 Å². The Labute approximate surface area is 122 Å². The molecule has 0 aliphatic rings. The normalized spacial score (nSPS) is 12.8. The maximum atomic E-state index is 12.8. The van der Waals surface area contributed by atoms with Crippen LogP contribution in [-0.2, 0) is 6.18 Å². The summed E-state index contributed by atoms with van der Waals surface area (Å²) in [4.78, 5) is 0. The fourth-order valence-electron chi connectivity index (χ4n) is 2.19. The van der Waals surface area contributed by atoms with Gasteiger partial charge in [-0.2, -0.15) is 18.4 Å². The first-order chi connectivity index (χ1) is 9.92. The number of nitriles is 1. The molecule has 0 radical (unpaired) electrons. The fraction of sp³-hybridized carbons (Fsp3) is 0.533. The third kappa shape index (κ3) is 5.27. The topological polar surface area (TPSA) is 56.0 Å². The number of aliphatic hydroxyl groups is 1. The van der Waals surface area contributed by atoms with Crippen LogP contribution in [0.1, 0.15) is 37.3 Å². The Morgan fingerprint density at radius 1 is 1.33 bits per heavy atom. The predicted octanol–water partition coefficient (Wildman–Crippen LogP) is 3.79. The van der Waals surface area contributed by atoms with Gasteiger partial charge in [-0.1, -0.05) is 13.3 Å². The lowest BCUT2D eigenvalue weighted by Crippen LogP contribution is -2.16. The van der Waals surface area contributed by atoms with Crippen LogP contribution in [0.5, 0.6) is 0 Å². The quantitative estimate of drug-likeness (QED) is 0.805. The minimum atomic E-state index is -4.54. The first kappa shape index (κ1) is 17.3. The molecule has 0 saturated carbocycles. The number of halogens is 3. The molecule has 1 aromatic carbocycles. The van der Waals surface area contributed by atoms with E-state index < -0.39 is 11.7 Å². The highest BCUT2D eigenvalue weighted by Crippen LogP contribution is 2.33. The number of benzene rings is 1. The number of alkyl halides is 3. The molecule has 0 saturated heterocycles. The van der Waals surface area contributed by atoms with Crippen LogP contribution in [0.2, 0.25) is 0 Å². The van der Waals surface area contributed by atoms with Gasteiger partial charge >= 0.3 is 6.18 Å². The van der Waals surface area contributed by atoms with Gasteiger partial charge in [0.2, 0.25) is 0 Å². The molecule has 6 heteroatoms. The van der Waals surface area contributed by atoms with Crippen molar-refractivity contribution in [1.29, 1.82) is 5.26 Å². The van der Waals surface area contributed by atoms with E-state index in [1.807, 2.05) is 6.92 Å². The van der Waals surface area contributed by atoms with E-state index in [4.69, 9.17) is 10.4 Å². The lowest BCUT2D eigenvalue weighted by Gasteiger charge is -2.17. The van der Waals surface area contributed by atoms with Crippen molar-refractivity contribution < 1.29 is 18.3 Å². The highest BCUT2D eigenvalue weighted by atomic mass is 19.4. The van der Waals surface area contributed by atoms with Gasteiger partial charge in [0.1, 0.15) is 0 Å². The largest absolute Gasteiger partial charge is 0.417 e. The predicted molar refractivity (Wildman–Crippen MR) is 74.7 cm³/mol. The molecule has 1 aromatic rings. The van der Waals surface area contributed by atoms with Crippen molar-refractivity contribution in [2.45, 2.75) is 32.4 Å². The average molecular weight is 300 g/mol. The summed E-state index contributed by atoms with van der Waals surface area (Å²) in [6, 6.07) is 5.15. The lowest BCUT2D eigenvalue weighted by molar-refractivity contribution is -0.137. The Bertz CT molecular complexity index is 489. The number of aliphatic hydroxyl groups excluding tert-OH is 1. The molecule has 0 bridgehead atoms. The molecular weight excluding hydrogens is 281 g/mol. The van der Waals surface area contributed by atoms with E-state index in [1.54, 1.807) is 6.07 Å². The van der Waals surface area contributed by atoms with E-state index >= 15 is 0 Å². The van der Waals surface area contributed by atoms with Gasteiger partial charge in [0.05, 0.1) is 17.2 Å². The maximum Gasteiger partial charge on any atom is 0.417 e. The molecule has 0 amide bonds. The van der Waals surface area contributed by atoms with Crippen LogP contribution in [0.15, 0.2) is 18.2 Å². The number of hydrogen-bond acceptors (Lipinski definition) is 3. The van der Waals surface area contributed by atoms with Gasteiger partial charge in [-0.15, -0.1) is 0 Å². The molecule has 0 spiro atoms. The Morgan fingerprint density at radius 3 is 2.57 bits per heavy atom. The third-order valence-corrected chi connectivity index (χ3v) is 3.27. The molecule has 21 heavy (non-hydrogen) atoms. The molecule has 0 aliphatic heterocycles. The molecule has 116 valence electrons. The van der Waals surface area contributed by atoms with Crippen molar-refractivity contribution in [2.75, 3.05) is 18.5 Å². The number of nitrogens with zero attached hydrogens (tertiary/aromatic N) is 1. The Balaban J connectivity index is 2.83. The molecule has 0 aliphatic carbocycles. The van der Waals surface area contributed by atoms with Gasteiger partial charge in [0.15, 0.2) is 0 Å². The summed E-state index contributed by atoms with van der Waals surface area (Å²) in [5.41, 5.74) is -0.974. The summed E-state index contributed by atoms with van der Waals surface area (Å²) in [5.74, 6) is 0.213. The second-order valence-corrected chi connectivity index (χ2v) is 4.92. The molecule has 1 atom stereocenters. The van der Waals surface area contributed by atoms with Gasteiger partial charge in [0.25, 0.3) is 0 Å². The standard InChI is InChI=1S/C15H19F3N2O/c1-2-3-11(6-7-21)10-20-13-5-4-12(9-19)14(8-13)15(16,17)18/h4-5,8,11,20-21H,2-3,6-7,10H2,1H3. The molecule has 1 unspecified atom stereocenters. The zero-order valence-corrected chi connectivity index (χ0v) is 11.9. The van der Waals surface area contributed by atoms with Gasteiger partial charge in [-0.05, 0) is 37.0 Å². The molecule has 0 heterocycles. The Morgan fingerprint density at radius 2 is 2.05 bits per heavy atom. The number of rotatable bonds is 7. The van der Waals surface area contributed by atoms with Crippen molar-refractivity contribution >= 4 is 5.69 Å². The number of hydrogen-bond donors (Lipinski definition) is 2. The summed E-state index contributed by atoms with van der Waals surface area (Å²) >= 11 is 0. The summed E-state index contributed by atoms with van der Waals surface area (Å²) in [6.45, 7) is 2.58. The Kier molecular flexibility index (Phi) is 6.50. The minimum Gasteiger partial charge on any atom is -0.396 e. The minimum absolute atomic E-state index is 0.0630. The van der Waals surface area contributed by atoms with E-state index in [1.165, 1.54) is 12.1 Å². The second-order valence-electron chi connectivity index (χ2n) is 4.92. The van der Waals surface area contributed by atoms with Crippen LogP contribution in [0.3, 0.4) is 0 Å². The SMILES string of the molecule is CCCC(CCO)CNc1ccc(C#N)c(C(F)(F)F)c1. The van der Waals surface area contributed by atoms with Crippen molar-refractivity contribution in [3.63, 3.8) is 0 Å². The fourth-order valence-corrected chi connectivity index (χ4v) is 2.19. The van der Waals surface area contributed by atoms with Crippen molar-refractivity contribution in [3.05, 3.63) is 29.3 Å². The first-order valence-corrected chi connectivity index (χ1v) is 6.88. The summed E-state index contributed by atoms with van der Waals surface area (Å²) < 4.78 is 38.5. The highest BCUT2D eigenvalue weighted by Gasteiger charge is 2.33. The van der Waals surface area contributed by atoms with Crippen LogP contribution in [-0.4, -0.2) is 18.3 Å². The second kappa shape index (κ2) is 7.89. The molecule has 0 aromatic heterocycles. The van der Waals surface area contributed by atoms with Gasteiger partial charge in [-0.3, -0.25) is 0 Å². The van der Waals surface area contributed by atoms with Crippen molar-refractivity contribution in [2.24, 2.45) is 5.92 Å². The summed E-state index contributed by atoms with van der Waals surface area (Å²) in [5, 5.41) is 20.7. The lowest BCUT2D eigenvalue weighted by atomic mass is 10.00. The summed E-state index contributed by atoms with van der Waals surface area (Å²) in [7, 11) is 0. The summed E-state index contributed by atoms with van der Waals surface area (Å²) in [6.07, 6.45) is -2.08. The molecule has 3 nitrogen and oxygen atoms in total. The van der Waals surface area contributed by atoms with Crippen LogP contribution in [0.4, 0.5) is 18.9 Å². The van der Waals surface area contributed by atoms with Crippen LogP contribution in [0, 0.1) is 17.2 Å². The van der Waals surface area contributed by atoms with Crippen LogP contribution >= 0.6 is 0 Å². The molecule has 0 fully saturated rings. The zero-order chi connectivity index (χ0) is 15.9. The number of anilines is 1. The third-order valence-electron chi connectivity index (χ3n) is 3.27. The van der Waals surface area contributed by atoms with E-state index in [0.29, 0.717) is 18.7 Å². The van der Waals surface area contributed by atoms with Gasteiger partial charge < -0.3 is 10.4 Å². The van der Waals surface area contributed by atoms with Crippen molar-refractivity contribution in [1.82, 2.24) is 0 Å². The van der Waals surface area contributed by atoms with Crippen LogP contribution < -0.4 is 5.32 Å². The zero-order valence-electron chi connectivity index (χ0n) is 11.9. The molecule has 2 N–H and O–H groups in total. The average Bonchev–Trinajstić information content (AvgIpc) is 2.44. The maximum absolute atomic E-state index is 12.8. The highest BCUT2D eigenvalue weighted by molar-refractivity contribution is 5.53. The monoisotopic (exact) mass is 300 g/mol.